The smallest absolute Gasteiger partial charge is 0.119 e. The molecule has 2 rings (SSSR count). The summed E-state index contributed by atoms with van der Waals surface area (Å²) in [5.41, 5.74) is 1.29. The molecule has 0 aliphatic heterocycles. The second-order valence-electron chi connectivity index (χ2n) is 5.67. The SMILES string of the molecule is CC(C)CNCc1ccc(OCCCn2ccnc2)cc1. The first-order valence-electron chi connectivity index (χ1n) is 7.62. The Morgan fingerprint density at radius 2 is 2.05 bits per heavy atom. The molecule has 0 fully saturated rings. The Kier molecular flexibility index (Phi) is 6.28. The summed E-state index contributed by atoms with van der Waals surface area (Å²) < 4.78 is 7.81. The lowest BCUT2D eigenvalue weighted by atomic mass is 10.2. The van der Waals surface area contributed by atoms with E-state index in [9.17, 15) is 0 Å². The van der Waals surface area contributed by atoms with Gasteiger partial charge >= 0.3 is 0 Å². The number of nitrogens with zero attached hydrogens (tertiary/aromatic N) is 2. The van der Waals surface area contributed by atoms with Crippen LogP contribution in [0.25, 0.3) is 0 Å². The lowest BCUT2D eigenvalue weighted by Crippen LogP contribution is -2.18. The molecule has 0 radical (unpaired) electrons. The minimum absolute atomic E-state index is 0.683. The van der Waals surface area contributed by atoms with Crippen LogP contribution in [-0.4, -0.2) is 22.7 Å². The molecule has 0 unspecified atom stereocenters. The van der Waals surface area contributed by atoms with E-state index in [1.807, 2.05) is 24.7 Å². The summed E-state index contributed by atoms with van der Waals surface area (Å²) in [5.74, 6) is 1.62. The van der Waals surface area contributed by atoms with Crippen molar-refractivity contribution in [3.05, 3.63) is 48.5 Å². The van der Waals surface area contributed by atoms with Gasteiger partial charge in [-0.05, 0) is 36.6 Å². The van der Waals surface area contributed by atoms with E-state index in [-0.39, 0.29) is 0 Å². The molecule has 1 N–H and O–H groups in total. The third-order valence-electron chi connectivity index (χ3n) is 3.19. The van der Waals surface area contributed by atoms with Crippen molar-refractivity contribution in [3.63, 3.8) is 0 Å². The average molecular weight is 287 g/mol. The largest absolute Gasteiger partial charge is 0.494 e. The minimum atomic E-state index is 0.683. The first kappa shape index (κ1) is 15.6. The number of hydrogen-bond donors (Lipinski definition) is 1. The molecule has 0 saturated heterocycles. The Morgan fingerprint density at radius 1 is 1.24 bits per heavy atom. The standard InChI is InChI=1S/C17H25N3O/c1-15(2)12-19-13-16-4-6-17(7-5-16)21-11-3-9-20-10-8-18-14-20/h4-8,10,14-15,19H,3,9,11-13H2,1-2H3. The van der Waals surface area contributed by atoms with Gasteiger partial charge in [0.25, 0.3) is 0 Å². The molecule has 21 heavy (non-hydrogen) atoms. The monoisotopic (exact) mass is 287 g/mol. The van der Waals surface area contributed by atoms with Crippen molar-refractivity contribution in [1.29, 1.82) is 0 Å². The van der Waals surface area contributed by atoms with E-state index in [0.29, 0.717) is 5.92 Å². The number of benzene rings is 1. The topological polar surface area (TPSA) is 39.1 Å². The van der Waals surface area contributed by atoms with Gasteiger partial charge in [-0.1, -0.05) is 26.0 Å². The molecule has 1 aromatic carbocycles. The van der Waals surface area contributed by atoms with Crippen LogP contribution in [0.2, 0.25) is 0 Å². The van der Waals surface area contributed by atoms with Crippen LogP contribution < -0.4 is 10.1 Å². The number of nitrogens with one attached hydrogen (secondary N) is 1. The summed E-state index contributed by atoms with van der Waals surface area (Å²) in [6.45, 7) is 8.06. The number of aryl methyl sites for hydroxylation is 1. The van der Waals surface area contributed by atoms with Gasteiger partial charge in [0.1, 0.15) is 5.75 Å². The zero-order valence-corrected chi connectivity index (χ0v) is 13.0. The molecular weight excluding hydrogens is 262 g/mol. The van der Waals surface area contributed by atoms with Gasteiger partial charge in [-0.25, -0.2) is 4.98 Å². The fourth-order valence-electron chi connectivity index (χ4n) is 2.06. The number of aromatic nitrogens is 2. The molecule has 0 aliphatic rings. The quantitative estimate of drug-likeness (QED) is 0.720. The van der Waals surface area contributed by atoms with Crippen LogP contribution in [0.15, 0.2) is 43.0 Å². The van der Waals surface area contributed by atoms with E-state index in [1.165, 1.54) is 5.56 Å². The predicted octanol–water partition coefficient (Wildman–Crippen LogP) is 3.10. The van der Waals surface area contributed by atoms with Crippen LogP contribution in [0.4, 0.5) is 0 Å². The molecule has 114 valence electrons. The molecule has 4 heteroatoms. The molecule has 0 saturated carbocycles. The highest BCUT2D eigenvalue weighted by atomic mass is 16.5. The summed E-state index contributed by atoms with van der Waals surface area (Å²) >= 11 is 0. The third kappa shape index (κ3) is 6.00. The molecule has 4 nitrogen and oxygen atoms in total. The summed E-state index contributed by atoms with van der Waals surface area (Å²) in [6, 6.07) is 8.34. The van der Waals surface area contributed by atoms with Gasteiger partial charge in [0, 0.05) is 25.5 Å². The van der Waals surface area contributed by atoms with E-state index in [1.54, 1.807) is 6.20 Å². The first-order chi connectivity index (χ1) is 10.2. The van der Waals surface area contributed by atoms with Crippen LogP contribution in [0.3, 0.4) is 0 Å². The highest BCUT2D eigenvalue weighted by Crippen LogP contribution is 2.12. The van der Waals surface area contributed by atoms with Crippen molar-refractivity contribution in [2.45, 2.75) is 33.4 Å². The fraction of sp³-hybridized carbons (Fsp3) is 0.471. The Balaban J connectivity index is 1.65. The Bertz CT molecular complexity index is 491. The van der Waals surface area contributed by atoms with Gasteiger partial charge in [-0.15, -0.1) is 0 Å². The number of ether oxygens (including phenoxy) is 1. The summed E-state index contributed by atoms with van der Waals surface area (Å²) in [5, 5.41) is 3.44. The molecular formula is C17H25N3O. The predicted molar refractivity (Wildman–Crippen MR) is 85.3 cm³/mol. The second kappa shape index (κ2) is 8.47. The van der Waals surface area contributed by atoms with Crippen molar-refractivity contribution in [2.24, 2.45) is 5.92 Å². The zero-order chi connectivity index (χ0) is 14.9. The molecule has 2 aromatic rings. The number of hydrogen-bond acceptors (Lipinski definition) is 3. The summed E-state index contributed by atoms with van der Waals surface area (Å²) in [6.07, 6.45) is 6.58. The highest BCUT2D eigenvalue weighted by molar-refractivity contribution is 5.27. The van der Waals surface area contributed by atoms with Crippen molar-refractivity contribution in [1.82, 2.24) is 14.9 Å². The lowest BCUT2D eigenvalue weighted by molar-refractivity contribution is 0.301. The maximum absolute atomic E-state index is 5.75. The van der Waals surface area contributed by atoms with E-state index >= 15 is 0 Å². The zero-order valence-electron chi connectivity index (χ0n) is 13.0. The van der Waals surface area contributed by atoms with Gasteiger partial charge in [0.15, 0.2) is 0 Å². The van der Waals surface area contributed by atoms with Gasteiger partial charge in [0.05, 0.1) is 12.9 Å². The van der Waals surface area contributed by atoms with Crippen LogP contribution >= 0.6 is 0 Å². The van der Waals surface area contributed by atoms with Crippen LogP contribution in [0.5, 0.6) is 5.75 Å². The van der Waals surface area contributed by atoms with E-state index < -0.39 is 0 Å². The molecule has 0 atom stereocenters. The summed E-state index contributed by atoms with van der Waals surface area (Å²) in [4.78, 5) is 4.02. The minimum Gasteiger partial charge on any atom is -0.494 e. The third-order valence-corrected chi connectivity index (χ3v) is 3.19. The summed E-state index contributed by atoms with van der Waals surface area (Å²) in [7, 11) is 0. The lowest BCUT2D eigenvalue weighted by Gasteiger charge is -2.09. The van der Waals surface area contributed by atoms with Gasteiger partial charge in [-0.3, -0.25) is 0 Å². The Labute approximate surface area is 127 Å². The number of imidazole rings is 1. The van der Waals surface area contributed by atoms with Crippen LogP contribution in [0, 0.1) is 5.92 Å². The van der Waals surface area contributed by atoms with Crippen molar-refractivity contribution >= 4 is 0 Å². The van der Waals surface area contributed by atoms with Crippen molar-refractivity contribution < 1.29 is 4.74 Å². The normalized spacial score (nSPS) is 11.0. The highest BCUT2D eigenvalue weighted by Gasteiger charge is 1.98. The van der Waals surface area contributed by atoms with Crippen LogP contribution in [-0.2, 0) is 13.1 Å². The van der Waals surface area contributed by atoms with Crippen molar-refractivity contribution in [2.75, 3.05) is 13.2 Å². The van der Waals surface area contributed by atoms with Crippen molar-refractivity contribution in [3.8, 4) is 5.75 Å². The Morgan fingerprint density at radius 3 is 2.71 bits per heavy atom. The maximum atomic E-state index is 5.75. The van der Waals surface area contributed by atoms with Crippen LogP contribution in [0.1, 0.15) is 25.8 Å². The molecule has 0 bridgehead atoms. The maximum Gasteiger partial charge on any atom is 0.119 e. The number of rotatable bonds is 9. The molecule has 1 heterocycles. The molecule has 0 amide bonds. The van der Waals surface area contributed by atoms with Gasteiger partial charge in [0.2, 0.25) is 0 Å². The fourth-order valence-corrected chi connectivity index (χ4v) is 2.06. The molecule has 1 aromatic heterocycles. The first-order valence-corrected chi connectivity index (χ1v) is 7.62. The second-order valence-corrected chi connectivity index (χ2v) is 5.67. The van der Waals surface area contributed by atoms with E-state index in [0.717, 1.165) is 38.4 Å². The van der Waals surface area contributed by atoms with E-state index in [4.69, 9.17) is 4.74 Å². The Hall–Kier alpha value is -1.81. The van der Waals surface area contributed by atoms with Gasteiger partial charge < -0.3 is 14.6 Å². The van der Waals surface area contributed by atoms with E-state index in [2.05, 4.69) is 40.8 Å². The van der Waals surface area contributed by atoms with Gasteiger partial charge in [-0.2, -0.15) is 0 Å². The molecule has 0 aliphatic carbocycles. The average Bonchev–Trinajstić information content (AvgIpc) is 2.98. The molecule has 0 spiro atoms.